The highest BCUT2D eigenvalue weighted by Crippen LogP contribution is 2.36. The number of nitrogens with one attached hydrogen (secondary N) is 1. The van der Waals surface area contributed by atoms with Crippen molar-refractivity contribution in [2.45, 2.75) is 33.5 Å². The number of ether oxygens (including phenoxy) is 2. The molecule has 0 aliphatic carbocycles. The predicted octanol–water partition coefficient (Wildman–Crippen LogP) is 4.51. The normalized spacial score (nSPS) is 10.9. The summed E-state index contributed by atoms with van der Waals surface area (Å²) in [6.45, 7) is 6.35. The summed E-state index contributed by atoms with van der Waals surface area (Å²) in [6, 6.07) is 14.2. The van der Waals surface area contributed by atoms with Crippen LogP contribution in [0.15, 0.2) is 42.5 Å². The molecule has 2 aromatic carbocycles. The van der Waals surface area contributed by atoms with Gasteiger partial charge in [-0.3, -0.25) is 4.68 Å². The van der Waals surface area contributed by atoms with E-state index in [9.17, 15) is 0 Å². The van der Waals surface area contributed by atoms with E-state index in [1.54, 1.807) is 14.2 Å². The molecule has 1 heterocycles. The van der Waals surface area contributed by atoms with E-state index in [0.717, 1.165) is 24.3 Å². The molecule has 1 aromatic heterocycles. The first-order valence-electron chi connectivity index (χ1n) is 9.21. The fourth-order valence-corrected chi connectivity index (χ4v) is 3.62. The summed E-state index contributed by atoms with van der Waals surface area (Å²) < 4.78 is 12.7. The fourth-order valence-electron chi connectivity index (χ4n) is 3.31. The Bertz CT molecular complexity index is 939. The summed E-state index contributed by atoms with van der Waals surface area (Å²) in [5.74, 6) is 1.19. The number of benzene rings is 2. The van der Waals surface area contributed by atoms with E-state index in [1.165, 1.54) is 16.8 Å². The molecule has 3 aromatic rings. The molecular weight excluding hydrogens is 374 g/mol. The standard InChI is InChI=1S/C22H26ClN3O2/c1-15-19(16(2)26(25-15)14-17-8-6-5-7-9-17)13-24-12-18-10-20(23)22(28-4)21(11-18)27-3/h5-11,24H,12-14H2,1-4H3. The summed E-state index contributed by atoms with van der Waals surface area (Å²) in [7, 11) is 3.19. The van der Waals surface area contributed by atoms with Gasteiger partial charge in [-0.05, 0) is 37.1 Å². The van der Waals surface area contributed by atoms with Gasteiger partial charge in [0.05, 0.1) is 31.5 Å². The number of halogens is 1. The molecular formula is C22H26ClN3O2. The molecule has 1 N–H and O–H groups in total. The molecule has 28 heavy (non-hydrogen) atoms. The lowest BCUT2D eigenvalue weighted by Crippen LogP contribution is -2.14. The first kappa shape index (κ1) is 20.2. The van der Waals surface area contributed by atoms with Gasteiger partial charge in [-0.1, -0.05) is 41.9 Å². The van der Waals surface area contributed by atoms with Gasteiger partial charge in [-0.2, -0.15) is 5.10 Å². The molecule has 0 atom stereocenters. The molecule has 0 radical (unpaired) electrons. The van der Waals surface area contributed by atoms with E-state index in [-0.39, 0.29) is 0 Å². The third-order valence-corrected chi connectivity index (χ3v) is 5.11. The number of aromatic nitrogens is 2. The summed E-state index contributed by atoms with van der Waals surface area (Å²) in [5.41, 5.74) is 5.73. The average Bonchev–Trinajstić information content (AvgIpc) is 2.95. The smallest absolute Gasteiger partial charge is 0.179 e. The minimum absolute atomic E-state index is 0.543. The van der Waals surface area contributed by atoms with Crippen LogP contribution in [0.4, 0.5) is 0 Å². The topological polar surface area (TPSA) is 48.3 Å². The van der Waals surface area contributed by atoms with Gasteiger partial charge in [-0.25, -0.2) is 0 Å². The number of hydrogen-bond acceptors (Lipinski definition) is 4. The van der Waals surface area contributed by atoms with Crippen LogP contribution in [0.2, 0.25) is 5.02 Å². The number of aryl methyl sites for hydroxylation is 1. The van der Waals surface area contributed by atoms with Crippen LogP contribution < -0.4 is 14.8 Å². The van der Waals surface area contributed by atoms with Crippen molar-refractivity contribution in [3.05, 3.63) is 75.6 Å². The van der Waals surface area contributed by atoms with Crippen molar-refractivity contribution in [2.24, 2.45) is 0 Å². The van der Waals surface area contributed by atoms with Gasteiger partial charge in [0.25, 0.3) is 0 Å². The lowest BCUT2D eigenvalue weighted by Gasteiger charge is -2.12. The number of hydrogen-bond donors (Lipinski definition) is 1. The quantitative estimate of drug-likeness (QED) is 0.605. The molecule has 0 saturated heterocycles. The lowest BCUT2D eigenvalue weighted by molar-refractivity contribution is 0.354. The van der Waals surface area contributed by atoms with E-state index in [4.69, 9.17) is 26.2 Å². The van der Waals surface area contributed by atoms with E-state index < -0.39 is 0 Å². The highest BCUT2D eigenvalue weighted by atomic mass is 35.5. The van der Waals surface area contributed by atoms with E-state index >= 15 is 0 Å². The van der Waals surface area contributed by atoms with E-state index in [1.807, 2.05) is 18.2 Å². The average molecular weight is 400 g/mol. The molecule has 0 aliphatic rings. The first-order valence-corrected chi connectivity index (χ1v) is 9.59. The number of methoxy groups -OCH3 is 2. The van der Waals surface area contributed by atoms with E-state index in [2.05, 4.69) is 48.1 Å². The van der Waals surface area contributed by atoms with Gasteiger partial charge in [0.2, 0.25) is 0 Å². The maximum atomic E-state index is 6.29. The van der Waals surface area contributed by atoms with Crippen molar-refractivity contribution >= 4 is 11.6 Å². The third-order valence-electron chi connectivity index (χ3n) is 4.83. The summed E-state index contributed by atoms with van der Waals surface area (Å²) in [6.07, 6.45) is 0. The van der Waals surface area contributed by atoms with Crippen LogP contribution in [0, 0.1) is 13.8 Å². The van der Waals surface area contributed by atoms with Crippen LogP contribution in [0.3, 0.4) is 0 Å². The second kappa shape index (κ2) is 9.13. The largest absolute Gasteiger partial charge is 0.493 e. The number of rotatable bonds is 8. The Morgan fingerprint density at radius 2 is 1.75 bits per heavy atom. The zero-order chi connectivity index (χ0) is 20.1. The van der Waals surface area contributed by atoms with Crippen molar-refractivity contribution in [1.82, 2.24) is 15.1 Å². The summed E-state index contributed by atoms with van der Waals surface area (Å²) >= 11 is 6.29. The van der Waals surface area contributed by atoms with Crippen LogP contribution in [0.25, 0.3) is 0 Å². The van der Waals surface area contributed by atoms with Gasteiger partial charge >= 0.3 is 0 Å². The highest BCUT2D eigenvalue weighted by Gasteiger charge is 2.13. The molecule has 0 bridgehead atoms. The molecule has 0 fully saturated rings. The maximum Gasteiger partial charge on any atom is 0.179 e. The van der Waals surface area contributed by atoms with Crippen LogP contribution in [-0.2, 0) is 19.6 Å². The Morgan fingerprint density at radius 3 is 2.43 bits per heavy atom. The van der Waals surface area contributed by atoms with Gasteiger partial charge in [0.15, 0.2) is 11.5 Å². The summed E-state index contributed by atoms with van der Waals surface area (Å²) in [5, 5.41) is 8.74. The molecule has 148 valence electrons. The van der Waals surface area contributed by atoms with E-state index in [0.29, 0.717) is 23.1 Å². The molecule has 0 unspecified atom stereocenters. The second-order valence-corrected chi connectivity index (χ2v) is 7.12. The molecule has 0 saturated carbocycles. The Kier molecular flexibility index (Phi) is 6.60. The minimum Gasteiger partial charge on any atom is -0.493 e. The Labute approximate surface area is 171 Å². The SMILES string of the molecule is COc1cc(CNCc2c(C)nn(Cc3ccccc3)c2C)cc(Cl)c1OC. The van der Waals surface area contributed by atoms with Gasteiger partial charge in [0.1, 0.15) is 0 Å². The maximum absolute atomic E-state index is 6.29. The molecule has 0 amide bonds. The Balaban J connectivity index is 1.68. The molecule has 0 spiro atoms. The predicted molar refractivity (Wildman–Crippen MR) is 112 cm³/mol. The monoisotopic (exact) mass is 399 g/mol. The Morgan fingerprint density at radius 1 is 1.00 bits per heavy atom. The van der Waals surface area contributed by atoms with Crippen molar-refractivity contribution in [1.29, 1.82) is 0 Å². The molecule has 0 aliphatic heterocycles. The zero-order valence-electron chi connectivity index (χ0n) is 16.8. The molecule has 3 rings (SSSR count). The lowest BCUT2D eigenvalue weighted by atomic mass is 10.1. The van der Waals surface area contributed by atoms with Crippen molar-refractivity contribution in [3.8, 4) is 11.5 Å². The first-order chi connectivity index (χ1) is 13.5. The van der Waals surface area contributed by atoms with Gasteiger partial charge in [0, 0.05) is 24.3 Å². The van der Waals surface area contributed by atoms with Crippen molar-refractivity contribution < 1.29 is 9.47 Å². The second-order valence-electron chi connectivity index (χ2n) is 6.71. The Hall–Kier alpha value is -2.50. The highest BCUT2D eigenvalue weighted by molar-refractivity contribution is 6.32. The molecule has 6 heteroatoms. The third kappa shape index (κ3) is 4.49. The van der Waals surface area contributed by atoms with Crippen LogP contribution in [-0.4, -0.2) is 24.0 Å². The van der Waals surface area contributed by atoms with Crippen LogP contribution in [0.1, 0.15) is 28.1 Å². The van der Waals surface area contributed by atoms with Gasteiger partial charge in [-0.15, -0.1) is 0 Å². The fraction of sp³-hybridized carbons (Fsp3) is 0.318. The zero-order valence-corrected chi connectivity index (χ0v) is 17.5. The van der Waals surface area contributed by atoms with Crippen LogP contribution in [0.5, 0.6) is 11.5 Å². The van der Waals surface area contributed by atoms with Gasteiger partial charge < -0.3 is 14.8 Å². The number of nitrogens with zero attached hydrogens (tertiary/aromatic N) is 2. The summed E-state index contributed by atoms with van der Waals surface area (Å²) in [4.78, 5) is 0. The van der Waals surface area contributed by atoms with Crippen LogP contribution >= 0.6 is 11.6 Å². The molecule has 5 nitrogen and oxygen atoms in total. The van der Waals surface area contributed by atoms with Crippen molar-refractivity contribution in [2.75, 3.05) is 14.2 Å². The minimum atomic E-state index is 0.543. The van der Waals surface area contributed by atoms with Crippen molar-refractivity contribution in [3.63, 3.8) is 0 Å².